The first-order chi connectivity index (χ1) is 8.63. The number of carbonyl (C=O) groups excluding carboxylic acids is 1. The molecular formula is C13H15N3OS. The van der Waals surface area contributed by atoms with Crippen molar-refractivity contribution in [2.75, 3.05) is 11.1 Å². The van der Waals surface area contributed by atoms with Crippen molar-refractivity contribution in [1.82, 2.24) is 4.98 Å². The number of rotatable bonds is 4. The standard InChI is InChI=1S/C13H15N3OS/c1-9-8-18-13(15-9)16-12(17)7-4-10-2-5-11(14)6-3-10/h2-3,5-6,8H,4,7,14H2,1H3,(H,15,16,17). The van der Waals surface area contributed by atoms with Crippen LogP contribution in [0.1, 0.15) is 17.7 Å². The fourth-order valence-corrected chi connectivity index (χ4v) is 2.24. The van der Waals surface area contributed by atoms with Crippen molar-refractivity contribution in [1.29, 1.82) is 0 Å². The number of hydrogen-bond donors (Lipinski definition) is 2. The summed E-state index contributed by atoms with van der Waals surface area (Å²) in [5, 5.41) is 5.36. The van der Waals surface area contributed by atoms with Crippen LogP contribution in [-0.2, 0) is 11.2 Å². The van der Waals surface area contributed by atoms with Crippen LogP contribution in [0, 0.1) is 6.92 Å². The Labute approximate surface area is 110 Å². The Balaban J connectivity index is 1.83. The Morgan fingerprint density at radius 3 is 2.72 bits per heavy atom. The average molecular weight is 261 g/mol. The maximum Gasteiger partial charge on any atom is 0.226 e. The lowest BCUT2D eigenvalue weighted by Gasteiger charge is -2.02. The molecule has 1 heterocycles. The minimum atomic E-state index is -0.0128. The van der Waals surface area contributed by atoms with E-state index in [1.165, 1.54) is 11.3 Å². The molecule has 0 saturated heterocycles. The number of hydrogen-bond acceptors (Lipinski definition) is 4. The van der Waals surface area contributed by atoms with E-state index in [1.807, 2.05) is 36.6 Å². The number of nitrogens with two attached hydrogens (primary N) is 1. The molecule has 0 aliphatic heterocycles. The minimum Gasteiger partial charge on any atom is -0.399 e. The van der Waals surface area contributed by atoms with Crippen LogP contribution in [0.4, 0.5) is 10.8 Å². The molecule has 4 nitrogen and oxygen atoms in total. The fourth-order valence-electron chi connectivity index (χ4n) is 1.54. The van der Waals surface area contributed by atoms with E-state index < -0.39 is 0 Å². The van der Waals surface area contributed by atoms with Crippen LogP contribution in [0.15, 0.2) is 29.6 Å². The van der Waals surface area contributed by atoms with E-state index >= 15 is 0 Å². The van der Waals surface area contributed by atoms with Gasteiger partial charge in [-0.15, -0.1) is 11.3 Å². The molecule has 0 saturated carbocycles. The predicted octanol–water partition coefficient (Wildman–Crippen LogP) is 2.61. The average Bonchev–Trinajstić information content (AvgIpc) is 2.74. The zero-order valence-corrected chi connectivity index (χ0v) is 11.0. The van der Waals surface area contributed by atoms with Crippen molar-refractivity contribution >= 4 is 28.1 Å². The van der Waals surface area contributed by atoms with Crippen molar-refractivity contribution in [3.8, 4) is 0 Å². The van der Waals surface area contributed by atoms with Crippen LogP contribution in [0.2, 0.25) is 0 Å². The number of anilines is 2. The summed E-state index contributed by atoms with van der Waals surface area (Å²) < 4.78 is 0. The van der Waals surface area contributed by atoms with Gasteiger partial charge in [0.2, 0.25) is 5.91 Å². The van der Waals surface area contributed by atoms with Gasteiger partial charge in [0.15, 0.2) is 5.13 Å². The smallest absolute Gasteiger partial charge is 0.226 e. The van der Waals surface area contributed by atoms with Gasteiger partial charge in [-0.1, -0.05) is 12.1 Å². The Morgan fingerprint density at radius 1 is 1.39 bits per heavy atom. The molecule has 1 aromatic heterocycles. The van der Waals surface area contributed by atoms with Gasteiger partial charge in [0.05, 0.1) is 5.69 Å². The lowest BCUT2D eigenvalue weighted by Crippen LogP contribution is -2.12. The first-order valence-electron chi connectivity index (χ1n) is 5.70. The topological polar surface area (TPSA) is 68.0 Å². The van der Waals surface area contributed by atoms with Crippen molar-refractivity contribution in [2.45, 2.75) is 19.8 Å². The molecule has 0 aliphatic carbocycles. The maximum absolute atomic E-state index is 11.7. The number of nitrogens with one attached hydrogen (secondary N) is 1. The van der Waals surface area contributed by atoms with Crippen LogP contribution in [0.3, 0.4) is 0 Å². The fraction of sp³-hybridized carbons (Fsp3) is 0.231. The van der Waals surface area contributed by atoms with Gasteiger partial charge in [-0.2, -0.15) is 0 Å². The Bertz CT molecular complexity index is 533. The Morgan fingerprint density at radius 2 is 2.11 bits per heavy atom. The zero-order valence-electron chi connectivity index (χ0n) is 10.1. The van der Waals surface area contributed by atoms with Crippen LogP contribution < -0.4 is 11.1 Å². The molecule has 0 atom stereocenters. The summed E-state index contributed by atoms with van der Waals surface area (Å²) in [5.41, 5.74) is 8.37. The third-order valence-electron chi connectivity index (χ3n) is 2.49. The number of carbonyl (C=O) groups is 1. The number of nitrogen functional groups attached to an aromatic ring is 1. The number of thiazole rings is 1. The summed E-state index contributed by atoms with van der Waals surface area (Å²) in [6, 6.07) is 7.57. The molecule has 0 fully saturated rings. The SMILES string of the molecule is Cc1csc(NC(=O)CCc2ccc(N)cc2)n1. The van der Waals surface area contributed by atoms with Crippen molar-refractivity contribution in [3.05, 3.63) is 40.9 Å². The highest BCUT2D eigenvalue weighted by Crippen LogP contribution is 2.15. The predicted molar refractivity (Wildman–Crippen MR) is 74.7 cm³/mol. The quantitative estimate of drug-likeness (QED) is 0.831. The summed E-state index contributed by atoms with van der Waals surface area (Å²) >= 11 is 1.44. The monoisotopic (exact) mass is 261 g/mol. The molecule has 0 bridgehead atoms. The van der Waals surface area contributed by atoms with Gasteiger partial charge >= 0.3 is 0 Å². The molecule has 1 amide bonds. The highest BCUT2D eigenvalue weighted by Gasteiger charge is 2.05. The summed E-state index contributed by atoms with van der Waals surface area (Å²) in [5.74, 6) is -0.0128. The first kappa shape index (κ1) is 12.6. The van der Waals surface area contributed by atoms with Gasteiger partial charge < -0.3 is 11.1 Å². The van der Waals surface area contributed by atoms with Gasteiger partial charge in [0.25, 0.3) is 0 Å². The maximum atomic E-state index is 11.7. The second-order valence-electron chi connectivity index (χ2n) is 4.08. The summed E-state index contributed by atoms with van der Waals surface area (Å²) in [7, 11) is 0. The van der Waals surface area contributed by atoms with Crippen molar-refractivity contribution in [3.63, 3.8) is 0 Å². The third kappa shape index (κ3) is 3.56. The highest BCUT2D eigenvalue weighted by molar-refractivity contribution is 7.13. The summed E-state index contributed by atoms with van der Waals surface area (Å²) in [6.07, 6.45) is 1.15. The number of amides is 1. The molecule has 5 heteroatoms. The van der Waals surface area contributed by atoms with Crippen LogP contribution in [0.5, 0.6) is 0 Å². The van der Waals surface area contributed by atoms with Gasteiger partial charge in [-0.05, 0) is 31.0 Å². The molecule has 0 unspecified atom stereocenters. The van der Waals surface area contributed by atoms with E-state index in [-0.39, 0.29) is 5.91 Å². The number of aromatic nitrogens is 1. The molecule has 1 aromatic carbocycles. The van der Waals surface area contributed by atoms with E-state index in [9.17, 15) is 4.79 Å². The number of aryl methyl sites for hydroxylation is 2. The van der Waals surface area contributed by atoms with E-state index in [2.05, 4.69) is 10.3 Å². The Hall–Kier alpha value is -1.88. The summed E-state index contributed by atoms with van der Waals surface area (Å²) in [4.78, 5) is 15.9. The lowest BCUT2D eigenvalue weighted by molar-refractivity contribution is -0.116. The first-order valence-corrected chi connectivity index (χ1v) is 6.58. The molecule has 2 rings (SSSR count). The molecule has 18 heavy (non-hydrogen) atoms. The second kappa shape index (κ2) is 5.64. The van der Waals surface area contributed by atoms with Gasteiger partial charge in [0, 0.05) is 17.5 Å². The molecule has 0 spiro atoms. The van der Waals surface area contributed by atoms with Gasteiger partial charge in [-0.25, -0.2) is 4.98 Å². The van der Waals surface area contributed by atoms with Gasteiger partial charge in [-0.3, -0.25) is 4.79 Å². The molecule has 0 radical (unpaired) electrons. The van der Waals surface area contributed by atoms with E-state index in [0.29, 0.717) is 18.0 Å². The van der Waals surface area contributed by atoms with E-state index in [0.717, 1.165) is 16.9 Å². The van der Waals surface area contributed by atoms with Crippen LogP contribution in [0.25, 0.3) is 0 Å². The zero-order chi connectivity index (χ0) is 13.0. The van der Waals surface area contributed by atoms with E-state index in [1.54, 1.807) is 0 Å². The largest absolute Gasteiger partial charge is 0.399 e. The molecule has 2 aromatic rings. The van der Waals surface area contributed by atoms with Crippen molar-refractivity contribution < 1.29 is 4.79 Å². The lowest BCUT2D eigenvalue weighted by atomic mass is 10.1. The Kier molecular flexibility index (Phi) is 3.94. The molecular weight excluding hydrogens is 246 g/mol. The van der Waals surface area contributed by atoms with Crippen LogP contribution >= 0.6 is 11.3 Å². The number of benzene rings is 1. The number of nitrogens with zero attached hydrogens (tertiary/aromatic N) is 1. The highest BCUT2D eigenvalue weighted by atomic mass is 32.1. The normalized spacial score (nSPS) is 10.3. The summed E-state index contributed by atoms with van der Waals surface area (Å²) in [6.45, 7) is 1.90. The molecule has 94 valence electrons. The molecule has 0 aliphatic rings. The third-order valence-corrected chi connectivity index (χ3v) is 3.36. The second-order valence-corrected chi connectivity index (χ2v) is 4.94. The molecule has 3 N–H and O–H groups in total. The van der Waals surface area contributed by atoms with Crippen molar-refractivity contribution in [2.24, 2.45) is 0 Å². The van der Waals surface area contributed by atoms with Gasteiger partial charge in [0.1, 0.15) is 0 Å². The van der Waals surface area contributed by atoms with Crippen LogP contribution in [-0.4, -0.2) is 10.9 Å². The minimum absolute atomic E-state index is 0.0128. The van der Waals surface area contributed by atoms with E-state index in [4.69, 9.17) is 5.73 Å².